The molecule has 0 aromatic carbocycles. The molecule has 0 aliphatic carbocycles. The first-order valence-electron chi connectivity index (χ1n) is 20.3. The average Bonchev–Trinajstić information content (AvgIpc) is 3.05. The van der Waals surface area contributed by atoms with Crippen LogP contribution in [0.3, 0.4) is 0 Å². The molecule has 0 amide bonds. The maximum atomic E-state index is 12.2. The van der Waals surface area contributed by atoms with E-state index in [0.717, 1.165) is 70.5 Å². The van der Waals surface area contributed by atoms with Gasteiger partial charge in [0.1, 0.15) is 0 Å². The highest BCUT2D eigenvalue weighted by Crippen LogP contribution is 2.22. The van der Waals surface area contributed by atoms with Crippen LogP contribution in [0.2, 0.25) is 0 Å². The minimum absolute atomic E-state index is 0.0164. The second kappa shape index (κ2) is 36.7. The van der Waals surface area contributed by atoms with Crippen molar-refractivity contribution in [3.05, 3.63) is 0 Å². The van der Waals surface area contributed by atoms with Crippen LogP contribution in [0.1, 0.15) is 201 Å². The minimum atomic E-state index is -0.0317. The van der Waals surface area contributed by atoms with Crippen molar-refractivity contribution in [2.24, 2.45) is 11.7 Å². The van der Waals surface area contributed by atoms with Gasteiger partial charge in [0.15, 0.2) is 0 Å². The topological polar surface area (TPSA) is 81.9 Å². The SMILES string of the molecule is CCCCCCCCCCCOC(=O)CCCCCN(CCN)CCCCCCCC(=O)OCCCC(CCCC)CCCCC. The highest BCUT2D eigenvalue weighted by Gasteiger charge is 2.10. The molecular formula is C40H80N2O4. The van der Waals surface area contributed by atoms with Gasteiger partial charge in [0.2, 0.25) is 0 Å². The molecule has 6 nitrogen and oxygen atoms in total. The molecule has 0 radical (unpaired) electrons. The lowest BCUT2D eigenvalue weighted by atomic mass is 9.91. The van der Waals surface area contributed by atoms with Crippen molar-refractivity contribution in [1.82, 2.24) is 4.90 Å². The van der Waals surface area contributed by atoms with E-state index in [0.29, 0.717) is 32.6 Å². The van der Waals surface area contributed by atoms with Gasteiger partial charge < -0.3 is 20.1 Å². The van der Waals surface area contributed by atoms with Gasteiger partial charge in [-0.1, -0.05) is 143 Å². The summed E-state index contributed by atoms with van der Waals surface area (Å²) in [5.41, 5.74) is 5.86. The minimum Gasteiger partial charge on any atom is -0.466 e. The Labute approximate surface area is 287 Å². The lowest BCUT2D eigenvalue weighted by Gasteiger charge is -2.21. The predicted molar refractivity (Wildman–Crippen MR) is 197 cm³/mol. The first-order valence-corrected chi connectivity index (χ1v) is 20.3. The molecule has 0 bridgehead atoms. The van der Waals surface area contributed by atoms with E-state index in [1.54, 1.807) is 0 Å². The Morgan fingerprint density at radius 1 is 0.478 bits per heavy atom. The third-order valence-corrected chi connectivity index (χ3v) is 9.37. The van der Waals surface area contributed by atoms with Crippen molar-refractivity contribution >= 4 is 11.9 Å². The number of hydrogen-bond donors (Lipinski definition) is 1. The molecule has 0 spiro atoms. The Balaban J connectivity index is 3.71. The number of esters is 2. The van der Waals surface area contributed by atoms with E-state index in [-0.39, 0.29) is 11.9 Å². The maximum absolute atomic E-state index is 12.2. The fourth-order valence-electron chi connectivity index (χ4n) is 6.34. The molecular weight excluding hydrogens is 572 g/mol. The van der Waals surface area contributed by atoms with Gasteiger partial charge in [-0.25, -0.2) is 0 Å². The molecule has 2 N–H and O–H groups in total. The lowest BCUT2D eigenvalue weighted by molar-refractivity contribution is -0.144. The highest BCUT2D eigenvalue weighted by atomic mass is 16.5. The summed E-state index contributed by atoms with van der Waals surface area (Å²) in [7, 11) is 0. The monoisotopic (exact) mass is 653 g/mol. The standard InChI is InChI=1S/C40H80N2O4/c1-4-7-10-11-12-13-14-18-25-36-45-39(43)31-22-19-24-34-42(35-32-41)33-23-17-15-16-21-30-40(44)46-37-26-29-38(27-9-6-3)28-20-8-5-2/h38H,4-37,41H2,1-3H3. The molecule has 0 heterocycles. The molecule has 46 heavy (non-hydrogen) atoms. The number of carbonyl (C=O) groups excluding carboxylic acids is 2. The first-order chi connectivity index (χ1) is 22.6. The number of ether oxygens (including phenoxy) is 2. The number of carbonyl (C=O) groups is 2. The molecule has 1 atom stereocenters. The van der Waals surface area contributed by atoms with Crippen LogP contribution in [-0.2, 0) is 19.1 Å². The molecule has 6 heteroatoms. The summed E-state index contributed by atoms with van der Waals surface area (Å²) < 4.78 is 11.0. The second-order valence-corrected chi connectivity index (χ2v) is 13.9. The first kappa shape index (κ1) is 44.9. The molecule has 0 aliphatic rings. The summed E-state index contributed by atoms with van der Waals surface area (Å²) in [6, 6.07) is 0. The van der Waals surface area contributed by atoms with E-state index in [9.17, 15) is 9.59 Å². The number of rotatable bonds is 37. The Bertz CT molecular complexity index is 645. The predicted octanol–water partition coefficient (Wildman–Crippen LogP) is 10.9. The van der Waals surface area contributed by atoms with E-state index >= 15 is 0 Å². The summed E-state index contributed by atoms with van der Waals surface area (Å²) >= 11 is 0. The van der Waals surface area contributed by atoms with Gasteiger partial charge in [-0.3, -0.25) is 9.59 Å². The van der Waals surface area contributed by atoms with E-state index in [1.807, 2.05) is 0 Å². The summed E-state index contributed by atoms with van der Waals surface area (Å²) in [4.78, 5) is 26.7. The van der Waals surface area contributed by atoms with Crippen molar-refractivity contribution in [2.75, 3.05) is 39.4 Å². The van der Waals surface area contributed by atoms with Gasteiger partial charge in [-0.05, 0) is 64.0 Å². The largest absolute Gasteiger partial charge is 0.466 e. The molecule has 0 fully saturated rings. The van der Waals surface area contributed by atoms with Crippen LogP contribution in [0.5, 0.6) is 0 Å². The Morgan fingerprint density at radius 2 is 0.891 bits per heavy atom. The molecule has 274 valence electrons. The molecule has 0 aromatic heterocycles. The number of nitrogens with zero attached hydrogens (tertiary/aromatic N) is 1. The van der Waals surface area contributed by atoms with Crippen LogP contribution in [0.25, 0.3) is 0 Å². The summed E-state index contributed by atoms with van der Waals surface area (Å²) in [6.07, 6.45) is 32.7. The Hall–Kier alpha value is -1.14. The highest BCUT2D eigenvalue weighted by molar-refractivity contribution is 5.69. The van der Waals surface area contributed by atoms with Gasteiger partial charge in [0, 0.05) is 25.9 Å². The van der Waals surface area contributed by atoms with Gasteiger partial charge in [-0.15, -0.1) is 0 Å². The quantitative estimate of drug-likeness (QED) is 0.0531. The third kappa shape index (κ3) is 32.8. The summed E-state index contributed by atoms with van der Waals surface area (Å²) in [5, 5.41) is 0. The zero-order valence-corrected chi connectivity index (χ0v) is 31.3. The van der Waals surface area contributed by atoms with Crippen LogP contribution in [0.15, 0.2) is 0 Å². The average molecular weight is 653 g/mol. The van der Waals surface area contributed by atoms with Crippen LogP contribution >= 0.6 is 0 Å². The number of hydrogen-bond acceptors (Lipinski definition) is 6. The van der Waals surface area contributed by atoms with Crippen molar-refractivity contribution in [3.8, 4) is 0 Å². The van der Waals surface area contributed by atoms with Gasteiger partial charge in [0.25, 0.3) is 0 Å². The maximum Gasteiger partial charge on any atom is 0.305 e. The lowest BCUT2D eigenvalue weighted by Crippen LogP contribution is -2.31. The fraction of sp³-hybridized carbons (Fsp3) is 0.950. The van der Waals surface area contributed by atoms with E-state index in [4.69, 9.17) is 15.2 Å². The van der Waals surface area contributed by atoms with E-state index in [1.165, 1.54) is 122 Å². The van der Waals surface area contributed by atoms with Crippen molar-refractivity contribution < 1.29 is 19.1 Å². The molecule has 0 saturated heterocycles. The second-order valence-electron chi connectivity index (χ2n) is 13.9. The van der Waals surface area contributed by atoms with Gasteiger partial charge in [-0.2, -0.15) is 0 Å². The molecule has 0 saturated carbocycles. The van der Waals surface area contributed by atoms with Crippen molar-refractivity contribution in [2.45, 2.75) is 201 Å². The summed E-state index contributed by atoms with van der Waals surface area (Å²) in [6.45, 7) is 11.7. The fourth-order valence-corrected chi connectivity index (χ4v) is 6.34. The van der Waals surface area contributed by atoms with Gasteiger partial charge in [0.05, 0.1) is 13.2 Å². The Morgan fingerprint density at radius 3 is 1.46 bits per heavy atom. The Kier molecular flexibility index (Phi) is 35.8. The number of unbranched alkanes of at least 4 members (excludes halogenated alkanes) is 17. The zero-order valence-electron chi connectivity index (χ0n) is 31.3. The van der Waals surface area contributed by atoms with E-state index in [2.05, 4.69) is 25.7 Å². The van der Waals surface area contributed by atoms with Crippen molar-refractivity contribution in [3.63, 3.8) is 0 Å². The summed E-state index contributed by atoms with van der Waals surface area (Å²) in [5.74, 6) is 0.758. The van der Waals surface area contributed by atoms with Gasteiger partial charge >= 0.3 is 11.9 Å². The number of nitrogens with two attached hydrogens (primary N) is 1. The molecule has 1 unspecified atom stereocenters. The van der Waals surface area contributed by atoms with Crippen LogP contribution < -0.4 is 5.73 Å². The molecule has 0 rings (SSSR count). The normalized spacial score (nSPS) is 12.1. The van der Waals surface area contributed by atoms with Crippen LogP contribution in [-0.4, -0.2) is 56.2 Å². The van der Waals surface area contributed by atoms with Crippen LogP contribution in [0.4, 0.5) is 0 Å². The molecule has 0 aromatic rings. The van der Waals surface area contributed by atoms with Crippen LogP contribution in [0, 0.1) is 5.92 Å². The smallest absolute Gasteiger partial charge is 0.305 e. The van der Waals surface area contributed by atoms with Crippen molar-refractivity contribution in [1.29, 1.82) is 0 Å². The van der Waals surface area contributed by atoms with E-state index < -0.39 is 0 Å². The zero-order chi connectivity index (χ0) is 33.8. The molecule has 0 aliphatic heterocycles. The third-order valence-electron chi connectivity index (χ3n) is 9.37.